The minimum atomic E-state index is -4.13. The first-order valence-electron chi connectivity index (χ1n) is 5.72. The highest BCUT2D eigenvalue weighted by atomic mass is 19.4. The van der Waals surface area contributed by atoms with E-state index in [-0.39, 0.29) is 12.5 Å². The maximum atomic E-state index is 12.2. The van der Waals surface area contributed by atoms with Crippen molar-refractivity contribution in [2.45, 2.75) is 37.9 Å². The summed E-state index contributed by atoms with van der Waals surface area (Å²) >= 11 is 0. The fraction of sp³-hybridized carbons (Fsp3) is 0.800. The molecule has 7 heteroatoms. The summed E-state index contributed by atoms with van der Waals surface area (Å²) in [4.78, 5) is 0. The first kappa shape index (κ1) is 12.3. The average molecular weight is 248 g/mol. The smallest absolute Gasteiger partial charge is 0.317 e. The standard InChI is InChI=1S/C10H15F3N4/c11-10(12,13)4-1-9-16-15-7-17(9)8-2-5-14-6-3-8/h7-8,14H,1-6H2. The fourth-order valence-corrected chi connectivity index (χ4v) is 2.09. The third-order valence-electron chi connectivity index (χ3n) is 2.98. The van der Waals surface area contributed by atoms with Crippen LogP contribution in [0.5, 0.6) is 0 Å². The van der Waals surface area contributed by atoms with Gasteiger partial charge < -0.3 is 9.88 Å². The Morgan fingerprint density at radius 3 is 2.71 bits per heavy atom. The van der Waals surface area contributed by atoms with Crippen molar-refractivity contribution >= 4 is 0 Å². The highest BCUT2D eigenvalue weighted by Gasteiger charge is 2.28. The molecule has 0 atom stereocenters. The first-order chi connectivity index (χ1) is 8.06. The van der Waals surface area contributed by atoms with Crippen molar-refractivity contribution in [2.24, 2.45) is 0 Å². The molecule has 17 heavy (non-hydrogen) atoms. The molecule has 0 amide bonds. The van der Waals surface area contributed by atoms with Gasteiger partial charge in [-0.2, -0.15) is 13.2 Å². The van der Waals surface area contributed by atoms with Crippen molar-refractivity contribution in [1.82, 2.24) is 20.1 Å². The van der Waals surface area contributed by atoms with E-state index in [0.717, 1.165) is 25.9 Å². The Morgan fingerprint density at radius 2 is 2.06 bits per heavy atom. The molecule has 96 valence electrons. The molecule has 2 rings (SSSR count). The van der Waals surface area contributed by atoms with Crippen LogP contribution in [0.1, 0.15) is 31.1 Å². The minimum absolute atomic E-state index is 0.0899. The monoisotopic (exact) mass is 248 g/mol. The van der Waals surface area contributed by atoms with Crippen molar-refractivity contribution < 1.29 is 13.2 Å². The maximum Gasteiger partial charge on any atom is 0.389 e. The van der Waals surface area contributed by atoms with E-state index in [0.29, 0.717) is 5.82 Å². The highest BCUT2D eigenvalue weighted by molar-refractivity contribution is 4.92. The van der Waals surface area contributed by atoms with E-state index >= 15 is 0 Å². The van der Waals surface area contributed by atoms with Crippen LogP contribution in [0.4, 0.5) is 13.2 Å². The average Bonchev–Trinajstić information content (AvgIpc) is 2.75. The van der Waals surface area contributed by atoms with Gasteiger partial charge in [0.15, 0.2) is 0 Å². The normalized spacial score (nSPS) is 18.5. The number of nitrogens with zero attached hydrogens (tertiary/aromatic N) is 3. The van der Waals surface area contributed by atoms with Crippen LogP contribution in [-0.4, -0.2) is 34.0 Å². The molecular weight excluding hydrogens is 233 g/mol. The summed E-state index contributed by atoms with van der Waals surface area (Å²) in [5.41, 5.74) is 0. The van der Waals surface area contributed by atoms with Crippen LogP contribution in [0.2, 0.25) is 0 Å². The van der Waals surface area contributed by atoms with Gasteiger partial charge in [-0.3, -0.25) is 0 Å². The van der Waals surface area contributed by atoms with Gasteiger partial charge in [-0.15, -0.1) is 10.2 Å². The molecule has 1 fully saturated rings. The minimum Gasteiger partial charge on any atom is -0.317 e. The van der Waals surface area contributed by atoms with Gasteiger partial charge in [0.25, 0.3) is 0 Å². The third kappa shape index (κ3) is 3.42. The van der Waals surface area contributed by atoms with Crippen LogP contribution in [-0.2, 0) is 6.42 Å². The molecule has 1 N–H and O–H groups in total. The molecule has 0 bridgehead atoms. The Hall–Kier alpha value is -1.11. The molecule has 0 radical (unpaired) electrons. The lowest BCUT2D eigenvalue weighted by molar-refractivity contribution is -0.134. The molecule has 0 aromatic carbocycles. The summed E-state index contributed by atoms with van der Waals surface area (Å²) in [6.45, 7) is 1.78. The zero-order chi connectivity index (χ0) is 12.3. The first-order valence-corrected chi connectivity index (χ1v) is 5.72. The largest absolute Gasteiger partial charge is 0.389 e. The number of piperidine rings is 1. The number of hydrogen-bond acceptors (Lipinski definition) is 3. The molecule has 0 saturated carbocycles. The predicted octanol–water partition coefficient (Wildman–Crippen LogP) is 1.70. The topological polar surface area (TPSA) is 42.7 Å². The summed E-state index contributed by atoms with van der Waals surface area (Å²) < 4.78 is 38.3. The van der Waals surface area contributed by atoms with Crippen molar-refractivity contribution in [3.05, 3.63) is 12.2 Å². The SMILES string of the molecule is FC(F)(F)CCc1nncn1C1CCNCC1. The molecular formula is C10H15F3N4. The maximum absolute atomic E-state index is 12.2. The number of aromatic nitrogens is 3. The fourth-order valence-electron chi connectivity index (χ4n) is 2.09. The van der Waals surface area contributed by atoms with Crippen LogP contribution < -0.4 is 5.32 Å². The van der Waals surface area contributed by atoms with Gasteiger partial charge in [0.05, 0.1) is 6.42 Å². The van der Waals surface area contributed by atoms with Gasteiger partial charge in [0, 0.05) is 12.5 Å². The second-order valence-electron chi connectivity index (χ2n) is 4.25. The lowest BCUT2D eigenvalue weighted by Crippen LogP contribution is -2.30. The second-order valence-corrected chi connectivity index (χ2v) is 4.25. The van der Waals surface area contributed by atoms with E-state index in [1.165, 1.54) is 0 Å². The second kappa shape index (κ2) is 5.03. The van der Waals surface area contributed by atoms with Gasteiger partial charge >= 0.3 is 6.18 Å². The van der Waals surface area contributed by atoms with Crippen LogP contribution in [0.3, 0.4) is 0 Å². The molecule has 1 saturated heterocycles. The lowest BCUT2D eigenvalue weighted by Gasteiger charge is -2.24. The Labute approximate surface area is 97.2 Å². The molecule has 1 aromatic heterocycles. The predicted molar refractivity (Wildman–Crippen MR) is 55.5 cm³/mol. The van der Waals surface area contributed by atoms with Crippen LogP contribution in [0, 0.1) is 0 Å². The molecule has 0 unspecified atom stereocenters. The van der Waals surface area contributed by atoms with E-state index in [9.17, 15) is 13.2 Å². The lowest BCUT2D eigenvalue weighted by atomic mass is 10.1. The van der Waals surface area contributed by atoms with Gasteiger partial charge in [-0.25, -0.2) is 0 Å². The highest BCUT2D eigenvalue weighted by Crippen LogP contribution is 2.24. The number of nitrogens with one attached hydrogen (secondary N) is 1. The molecule has 0 spiro atoms. The summed E-state index contributed by atoms with van der Waals surface area (Å²) in [5, 5.41) is 10.7. The number of rotatable bonds is 3. The number of hydrogen-bond donors (Lipinski definition) is 1. The summed E-state index contributed by atoms with van der Waals surface area (Å²) in [5.74, 6) is 0.439. The van der Waals surface area contributed by atoms with Gasteiger partial charge in [-0.05, 0) is 25.9 Å². The van der Waals surface area contributed by atoms with Crippen molar-refractivity contribution in [2.75, 3.05) is 13.1 Å². The molecule has 1 aliphatic rings. The number of alkyl halides is 3. The summed E-state index contributed by atoms with van der Waals surface area (Å²) in [6, 6.07) is 0.231. The van der Waals surface area contributed by atoms with Gasteiger partial charge in [0.2, 0.25) is 0 Å². The molecule has 1 aliphatic heterocycles. The molecule has 4 nitrogen and oxygen atoms in total. The van der Waals surface area contributed by atoms with Crippen molar-refractivity contribution in [3.63, 3.8) is 0 Å². The zero-order valence-electron chi connectivity index (χ0n) is 9.37. The number of aryl methyl sites for hydroxylation is 1. The Balaban J connectivity index is 2.00. The molecule has 0 aliphatic carbocycles. The van der Waals surface area contributed by atoms with E-state index in [2.05, 4.69) is 15.5 Å². The quantitative estimate of drug-likeness (QED) is 0.885. The van der Waals surface area contributed by atoms with E-state index in [1.54, 1.807) is 10.9 Å². The molecule has 2 heterocycles. The van der Waals surface area contributed by atoms with Crippen LogP contribution in [0.25, 0.3) is 0 Å². The van der Waals surface area contributed by atoms with Crippen LogP contribution in [0.15, 0.2) is 6.33 Å². The van der Waals surface area contributed by atoms with Crippen LogP contribution >= 0.6 is 0 Å². The summed E-state index contributed by atoms with van der Waals surface area (Å²) in [6.07, 6.45) is -1.69. The summed E-state index contributed by atoms with van der Waals surface area (Å²) in [7, 11) is 0. The third-order valence-corrected chi connectivity index (χ3v) is 2.98. The molecule has 1 aromatic rings. The van der Waals surface area contributed by atoms with Gasteiger partial charge in [0.1, 0.15) is 12.2 Å². The van der Waals surface area contributed by atoms with E-state index in [4.69, 9.17) is 0 Å². The Morgan fingerprint density at radius 1 is 1.35 bits per heavy atom. The Kier molecular flexibility index (Phi) is 3.66. The van der Waals surface area contributed by atoms with Gasteiger partial charge in [-0.1, -0.05) is 0 Å². The zero-order valence-corrected chi connectivity index (χ0v) is 9.37. The van der Waals surface area contributed by atoms with E-state index < -0.39 is 12.6 Å². The van der Waals surface area contributed by atoms with Crippen molar-refractivity contribution in [3.8, 4) is 0 Å². The van der Waals surface area contributed by atoms with E-state index in [1.807, 2.05) is 0 Å². The number of halogens is 3. The van der Waals surface area contributed by atoms with Crippen molar-refractivity contribution in [1.29, 1.82) is 0 Å². The Bertz CT molecular complexity index is 355.